The predicted molar refractivity (Wildman–Crippen MR) is 100 cm³/mol. The third-order valence-corrected chi connectivity index (χ3v) is 4.80. The summed E-state index contributed by atoms with van der Waals surface area (Å²) >= 11 is 0. The number of nitrogens with two attached hydrogens (primary N) is 1. The molecule has 0 radical (unpaired) electrons. The molecule has 1 fully saturated rings. The number of alkyl halides is 3. The van der Waals surface area contributed by atoms with Gasteiger partial charge in [-0.1, -0.05) is 0 Å². The van der Waals surface area contributed by atoms with Gasteiger partial charge in [-0.15, -0.1) is 5.10 Å². The SMILES string of the molecule is CC1COCCN1c1nc(-c2cnc(N)cc2C(F)(F)F)nn2cc(C(=O)O)cc12. The lowest BCUT2D eigenvalue weighted by molar-refractivity contribution is -0.137. The predicted octanol–water partition coefficient (Wildman–Crippen LogP) is 2.32. The molecule has 1 aliphatic heterocycles. The van der Waals surface area contributed by atoms with Gasteiger partial charge in [-0.05, 0) is 19.1 Å². The molecule has 3 aromatic rings. The van der Waals surface area contributed by atoms with Crippen LogP contribution in [0.4, 0.5) is 24.8 Å². The van der Waals surface area contributed by atoms with Crippen LogP contribution in [0.25, 0.3) is 16.9 Å². The number of anilines is 2. The van der Waals surface area contributed by atoms with E-state index in [2.05, 4.69) is 15.1 Å². The van der Waals surface area contributed by atoms with Crippen molar-refractivity contribution in [3.05, 3.63) is 35.7 Å². The Hall–Kier alpha value is -3.41. The molecular weight excluding hydrogens is 405 g/mol. The number of ether oxygens (including phenoxy) is 1. The number of nitrogens with zero attached hydrogens (tertiary/aromatic N) is 5. The van der Waals surface area contributed by atoms with E-state index >= 15 is 0 Å². The van der Waals surface area contributed by atoms with Gasteiger partial charge in [0.15, 0.2) is 11.6 Å². The van der Waals surface area contributed by atoms with E-state index in [1.54, 1.807) is 0 Å². The maximum atomic E-state index is 13.6. The molecule has 1 unspecified atom stereocenters. The molecule has 1 saturated heterocycles. The summed E-state index contributed by atoms with van der Waals surface area (Å²) in [5.41, 5.74) is 4.37. The maximum absolute atomic E-state index is 13.6. The number of aromatic carboxylic acids is 1. The van der Waals surface area contributed by atoms with E-state index < -0.39 is 17.7 Å². The Bertz CT molecular complexity index is 1130. The van der Waals surface area contributed by atoms with Crippen LogP contribution in [0.1, 0.15) is 22.8 Å². The maximum Gasteiger partial charge on any atom is 0.417 e. The Morgan fingerprint density at radius 3 is 2.80 bits per heavy atom. The van der Waals surface area contributed by atoms with Crippen LogP contribution < -0.4 is 10.6 Å². The first-order valence-corrected chi connectivity index (χ1v) is 8.96. The van der Waals surface area contributed by atoms with Crippen molar-refractivity contribution < 1.29 is 27.8 Å². The number of aromatic nitrogens is 4. The smallest absolute Gasteiger partial charge is 0.417 e. The van der Waals surface area contributed by atoms with Crippen LogP contribution in [0.5, 0.6) is 0 Å². The molecule has 30 heavy (non-hydrogen) atoms. The van der Waals surface area contributed by atoms with Crippen molar-refractivity contribution in [2.75, 3.05) is 30.4 Å². The van der Waals surface area contributed by atoms with Crippen LogP contribution in [0, 0.1) is 0 Å². The first-order chi connectivity index (χ1) is 14.1. The summed E-state index contributed by atoms with van der Waals surface area (Å²) in [5, 5.41) is 13.5. The molecule has 0 aliphatic carbocycles. The second kappa shape index (κ2) is 7.13. The average molecular weight is 422 g/mol. The summed E-state index contributed by atoms with van der Waals surface area (Å²) in [5.74, 6) is -1.41. The monoisotopic (exact) mass is 422 g/mol. The summed E-state index contributed by atoms with van der Waals surface area (Å²) < 4.78 is 47.5. The van der Waals surface area contributed by atoms with E-state index in [-0.39, 0.29) is 28.8 Å². The molecule has 158 valence electrons. The normalized spacial score (nSPS) is 17.5. The summed E-state index contributed by atoms with van der Waals surface area (Å²) in [7, 11) is 0. The Kier molecular flexibility index (Phi) is 4.73. The first kappa shape index (κ1) is 19.9. The highest BCUT2D eigenvalue weighted by atomic mass is 19.4. The van der Waals surface area contributed by atoms with E-state index in [0.29, 0.717) is 31.1 Å². The zero-order valence-corrected chi connectivity index (χ0v) is 15.7. The fourth-order valence-electron chi connectivity index (χ4n) is 3.35. The van der Waals surface area contributed by atoms with Crippen LogP contribution in [0.3, 0.4) is 0 Å². The van der Waals surface area contributed by atoms with Gasteiger partial charge in [0.1, 0.15) is 11.3 Å². The molecule has 0 amide bonds. The zero-order valence-electron chi connectivity index (χ0n) is 15.7. The van der Waals surface area contributed by atoms with Gasteiger partial charge in [-0.2, -0.15) is 13.2 Å². The topological polar surface area (TPSA) is 119 Å². The van der Waals surface area contributed by atoms with Gasteiger partial charge < -0.3 is 20.5 Å². The minimum absolute atomic E-state index is 0.0601. The molecule has 0 spiro atoms. The fourth-order valence-corrected chi connectivity index (χ4v) is 3.35. The highest BCUT2D eigenvalue weighted by Gasteiger charge is 2.36. The summed E-state index contributed by atoms with van der Waals surface area (Å²) in [6.07, 6.45) is -2.51. The molecule has 3 N–H and O–H groups in total. The van der Waals surface area contributed by atoms with Crippen LogP contribution >= 0.6 is 0 Å². The molecule has 1 aliphatic rings. The van der Waals surface area contributed by atoms with Crippen molar-refractivity contribution >= 4 is 23.1 Å². The quantitative estimate of drug-likeness (QED) is 0.660. The second-order valence-corrected chi connectivity index (χ2v) is 6.89. The number of carboxylic acids is 1. The molecule has 3 aromatic heterocycles. The molecule has 1 atom stereocenters. The van der Waals surface area contributed by atoms with Crippen LogP contribution in [-0.2, 0) is 10.9 Å². The van der Waals surface area contributed by atoms with Gasteiger partial charge in [0.2, 0.25) is 0 Å². The Balaban J connectivity index is 1.97. The minimum atomic E-state index is -4.71. The highest BCUT2D eigenvalue weighted by Crippen LogP contribution is 2.37. The van der Waals surface area contributed by atoms with Crippen LogP contribution in [0.15, 0.2) is 24.5 Å². The second-order valence-electron chi connectivity index (χ2n) is 6.89. The van der Waals surface area contributed by atoms with E-state index in [1.165, 1.54) is 16.8 Å². The number of hydrogen-bond acceptors (Lipinski definition) is 7. The van der Waals surface area contributed by atoms with Gasteiger partial charge in [-0.3, -0.25) is 0 Å². The summed E-state index contributed by atoms with van der Waals surface area (Å²) in [6.45, 7) is 3.12. The average Bonchev–Trinajstić information content (AvgIpc) is 3.11. The van der Waals surface area contributed by atoms with Gasteiger partial charge >= 0.3 is 12.1 Å². The standard InChI is InChI=1S/C18H17F3N6O3/c1-9-8-30-3-2-26(9)16-13-4-10(17(28)29)7-27(13)25-15(24-16)11-6-23-14(22)5-12(11)18(19,20)21/h4-7,9H,2-3,8H2,1H3,(H2,22,23)(H,28,29). The number of carboxylic acid groups (broad SMARTS) is 1. The van der Waals surface area contributed by atoms with E-state index in [0.717, 1.165) is 12.3 Å². The lowest BCUT2D eigenvalue weighted by Gasteiger charge is -2.34. The molecular formula is C18H17F3N6O3. The number of morpholine rings is 1. The lowest BCUT2D eigenvalue weighted by atomic mass is 10.1. The van der Waals surface area contributed by atoms with Crippen molar-refractivity contribution in [3.8, 4) is 11.4 Å². The lowest BCUT2D eigenvalue weighted by Crippen LogP contribution is -2.44. The van der Waals surface area contributed by atoms with Crippen molar-refractivity contribution in [2.24, 2.45) is 0 Å². The number of nitrogen functional groups attached to an aromatic ring is 1. The fraction of sp³-hybridized carbons (Fsp3) is 0.333. The van der Waals surface area contributed by atoms with Gasteiger partial charge in [0.25, 0.3) is 0 Å². The molecule has 12 heteroatoms. The zero-order chi connectivity index (χ0) is 21.6. The minimum Gasteiger partial charge on any atom is -0.478 e. The number of fused-ring (bicyclic) bond motifs is 1. The highest BCUT2D eigenvalue weighted by molar-refractivity contribution is 5.91. The van der Waals surface area contributed by atoms with Crippen molar-refractivity contribution in [3.63, 3.8) is 0 Å². The molecule has 4 heterocycles. The van der Waals surface area contributed by atoms with Crippen molar-refractivity contribution in [1.29, 1.82) is 0 Å². The molecule has 0 saturated carbocycles. The third-order valence-electron chi connectivity index (χ3n) is 4.80. The number of hydrogen-bond donors (Lipinski definition) is 2. The van der Waals surface area contributed by atoms with E-state index in [9.17, 15) is 23.1 Å². The molecule has 0 bridgehead atoms. The van der Waals surface area contributed by atoms with E-state index in [4.69, 9.17) is 10.5 Å². The largest absolute Gasteiger partial charge is 0.478 e. The van der Waals surface area contributed by atoms with Crippen molar-refractivity contribution in [1.82, 2.24) is 19.6 Å². The molecule has 9 nitrogen and oxygen atoms in total. The van der Waals surface area contributed by atoms with Crippen LogP contribution in [-0.4, -0.2) is 56.5 Å². The number of rotatable bonds is 3. The van der Waals surface area contributed by atoms with E-state index in [1.807, 2.05) is 11.8 Å². The van der Waals surface area contributed by atoms with Gasteiger partial charge in [0, 0.05) is 18.9 Å². The number of halogens is 3. The number of pyridine rings is 1. The molecule has 4 rings (SSSR count). The summed E-state index contributed by atoms with van der Waals surface area (Å²) in [6, 6.07) is 1.98. The Morgan fingerprint density at radius 1 is 1.37 bits per heavy atom. The Morgan fingerprint density at radius 2 is 2.13 bits per heavy atom. The number of carbonyl (C=O) groups is 1. The van der Waals surface area contributed by atoms with Crippen LogP contribution in [0.2, 0.25) is 0 Å². The third kappa shape index (κ3) is 3.49. The van der Waals surface area contributed by atoms with Gasteiger partial charge in [-0.25, -0.2) is 19.3 Å². The first-order valence-electron chi connectivity index (χ1n) is 8.96. The summed E-state index contributed by atoms with van der Waals surface area (Å²) in [4.78, 5) is 21.4. The van der Waals surface area contributed by atoms with Gasteiger partial charge in [0.05, 0.1) is 35.9 Å². The molecule has 0 aromatic carbocycles. The van der Waals surface area contributed by atoms with Crippen molar-refractivity contribution in [2.45, 2.75) is 19.1 Å². The Labute approximate surface area is 167 Å².